The molecule has 1 aromatic carbocycles. The Kier molecular flexibility index (Phi) is 4.90. The minimum absolute atomic E-state index is 0.00667. The molecule has 94 valence electrons. The number of para-hydroxylation sites is 1. The van der Waals surface area contributed by atoms with Gasteiger partial charge in [-0.15, -0.1) is 0 Å². The second-order valence-corrected chi connectivity index (χ2v) is 3.67. The molecule has 0 aromatic heterocycles. The van der Waals surface area contributed by atoms with Crippen molar-refractivity contribution in [3.05, 3.63) is 29.6 Å². The maximum atomic E-state index is 13.5. The summed E-state index contributed by atoms with van der Waals surface area (Å²) in [5, 5.41) is 11.8. The van der Waals surface area contributed by atoms with Gasteiger partial charge in [-0.3, -0.25) is 0 Å². The fraction of sp³-hybridized carbons (Fsp3) is 0.417. The number of nitrogens with one attached hydrogen (secondary N) is 1. The Morgan fingerprint density at radius 1 is 1.59 bits per heavy atom. The van der Waals surface area contributed by atoms with Crippen molar-refractivity contribution in [1.29, 1.82) is 0 Å². The van der Waals surface area contributed by atoms with E-state index in [4.69, 9.17) is 9.84 Å². The Labute approximate surface area is 99.4 Å². The van der Waals surface area contributed by atoms with E-state index in [0.717, 1.165) is 0 Å². The molecule has 1 aromatic rings. The Morgan fingerprint density at radius 2 is 2.29 bits per heavy atom. The molecule has 0 fully saturated rings. The van der Waals surface area contributed by atoms with Crippen molar-refractivity contribution < 1.29 is 19.0 Å². The maximum absolute atomic E-state index is 13.5. The molecule has 2 N–H and O–H groups in total. The van der Waals surface area contributed by atoms with Gasteiger partial charge in [-0.25, -0.2) is 9.18 Å². The fourth-order valence-corrected chi connectivity index (χ4v) is 1.43. The van der Waals surface area contributed by atoms with Crippen molar-refractivity contribution in [3.63, 3.8) is 0 Å². The second kappa shape index (κ2) is 6.20. The van der Waals surface area contributed by atoms with Crippen LogP contribution in [0.2, 0.25) is 0 Å². The Morgan fingerprint density at radius 3 is 2.88 bits per heavy atom. The highest BCUT2D eigenvalue weighted by Crippen LogP contribution is 2.20. The minimum atomic E-state index is -1.16. The predicted molar refractivity (Wildman–Crippen MR) is 62.9 cm³/mol. The van der Waals surface area contributed by atoms with Gasteiger partial charge in [0.25, 0.3) is 0 Å². The first-order valence-electron chi connectivity index (χ1n) is 5.42. The van der Waals surface area contributed by atoms with Gasteiger partial charge >= 0.3 is 5.97 Å². The summed E-state index contributed by atoms with van der Waals surface area (Å²) in [7, 11) is 0. The molecule has 0 aliphatic heterocycles. The summed E-state index contributed by atoms with van der Waals surface area (Å²) >= 11 is 0. The summed E-state index contributed by atoms with van der Waals surface area (Å²) in [5.41, 5.74) is -0.0689. The molecule has 5 heteroatoms. The van der Waals surface area contributed by atoms with Gasteiger partial charge in [0.15, 0.2) is 0 Å². The number of ether oxygens (including phenoxy) is 1. The number of carbonyl (C=O) groups is 1. The van der Waals surface area contributed by atoms with Gasteiger partial charge in [0, 0.05) is 12.6 Å². The number of hydrogen-bond acceptors (Lipinski definition) is 3. The maximum Gasteiger partial charge on any atom is 0.337 e. The molecule has 0 radical (unpaired) electrons. The van der Waals surface area contributed by atoms with Gasteiger partial charge in [0.2, 0.25) is 0 Å². The molecule has 17 heavy (non-hydrogen) atoms. The van der Waals surface area contributed by atoms with E-state index in [2.05, 4.69) is 5.32 Å². The number of halogens is 1. The standard InChI is InChI=1S/C12H16FNO3/c1-3-17-7-8(2)14-11-9(12(15)16)5-4-6-10(11)13/h4-6,8,14H,3,7H2,1-2H3,(H,15,16). The zero-order valence-corrected chi connectivity index (χ0v) is 9.87. The summed E-state index contributed by atoms with van der Waals surface area (Å²) < 4.78 is 18.7. The fourth-order valence-electron chi connectivity index (χ4n) is 1.43. The monoisotopic (exact) mass is 241 g/mol. The minimum Gasteiger partial charge on any atom is -0.478 e. The average molecular weight is 241 g/mol. The molecular formula is C12H16FNO3. The Balaban J connectivity index is 2.85. The van der Waals surface area contributed by atoms with Crippen LogP contribution in [0, 0.1) is 5.82 Å². The summed E-state index contributed by atoms with van der Waals surface area (Å²) in [6, 6.07) is 3.80. The lowest BCUT2D eigenvalue weighted by Crippen LogP contribution is -2.23. The normalized spacial score (nSPS) is 12.2. The first-order chi connectivity index (χ1) is 8.06. The van der Waals surface area contributed by atoms with E-state index >= 15 is 0 Å². The van der Waals surface area contributed by atoms with Crippen molar-refractivity contribution in [3.8, 4) is 0 Å². The van der Waals surface area contributed by atoms with Crippen molar-refractivity contribution in [2.45, 2.75) is 19.9 Å². The molecule has 0 amide bonds. The molecule has 0 saturated carbocycles. The van der Waals surface area contributed by atoms with Gasteiger partial charge in [0.1, 0.15) is 5.82 Å². The second-order valence-electron chi connectivity index (χ2n) is 3.67. The lowest BCUT2D eigenvalue weighted by atomic mass is 10.1. The van der Waals surface area contributed by atoms with E-state index in [1.165, 1.54) is 18.2 Å². The smallest absolute Gasteiger partial charge is 0.337 e. The zero-order chi connectivity index (χ0) is 12.8. The van der Waals surface area contributed by atoms with Gasteiger partial charge in [-0.2, -0.15) is 0 Å². The average Bonchev–Trinajstić information content (AvgIpc) is 2.28. The summed E-state index contributed by atoms with van der Waals surface area (Å²) in [6.45, 7) is 4.62. The number of carboxylic acids is 1. The molecule has 0 heterocycles. The number of benzene rings is 1. The highest BCUT2D eigenvalue weighted by Gasteiger charge is 2.15. The van der Waals surface area contributed by atoms with Crippen LogP contribution in [0.15, 0.2) is 18.2 Å². The highest BCUT2D eigenvalue weighted by molar-refractivity contribution is 5.94. The van der Waals surface area contributed by atoms with Crippen molar-refractivity contribution in [2.75, 3.05) is 18.5 Å². The quantitative estimate of drug-likeness (QED) is 0.802. The van der Waals surface area contributed by atoms with Crippen LogP contribution >= 0.6 is 0 Å². The molecular weight excluding hydrogens is 225 g/mol. The first kappa shape index (κ1) is 13.4. The molecule has 1 atom stereocenters. The van der Waals surface area contributed by atoms with Crippen LogP contribution < -0.4 is 5.32 Å². The number of carboxylic acid groups (broad SMARTS) is 1. The summed E-state index contributed by atoms with van der Waals surface area (Å²) in [4.78, 5) is 10.9. The molecule has 0 saturated heterocycles. The van der Waals surface area contributed by atoms with E-state index in [1.807, 2.05) is 6.92 Å². The third-order valence-electron chi connectivity index (χ3n) is 2.21. The summed E-state index contributed by atoms with van der Waals surface area (Å²) in [6.07, 6.45) is 0. The number of aromatic carboxylic acids is 1. The molecule has 0 aliphatic rings. The predicted octanol–water partition coefficient (Wildman–Crippen LogP) is 2.36. The first-order valence-corrected chi connectivity index (χ1v) is 5.42. The van der Waals surface area contributed by atoms with Gasteiger partial charge < -0.3 is 15.2 Å². The molecule has 1 rings (SSSR count). The van der Waals surface area contributed by atoms with Gasteiger partial charge in [-0.1, -0.05) is 6.07 Å². The lowest BCUT2D eigenvalue weighted by molar-refractivity contribution is 0.0697. The van der Waals surface area contributed by atoms with Crippen molar-refractivity contribution in [1.82, 2.24) is 0 Å². The highest BCUT2D eigenvalue weighted by atomic mass is 19.1. The number of hydrogen-bond donors (Lipinski definition) is 2. The van der Waals surface area contributed by atoms with E-state index in [0.29, 0.717) is 13.2 Å². The Bertz CT molecular complexity index is 395. The zero-order valence-electron chi connectivity index (χ0n) is 9.87. The van der Waals surface area contributed by atoms with Crippen LogP contribution in [-0.4, -0.2) is 30.3 Å². The van der Waals surface area contributed by atoms with E-state index < -0.39 is 11.8 Å². The van der Waals surface area contributed by atoms with E-state index in [9.17, 15) is 9.18 Å². The van der Waals surface area contributed by atoms with Crippen LogP contribution in [0.25, 0.3) is 0 Å². The van der Waals surface area contributed by atoms with E-state index in [1.54, 1.807) is 6.92 Å². The number of rotatable bonds is 6. The molecule has 4 nitrogen and oxygen atoms in total. The third-order valence-corrected chi connectivity index (χ3v) is 2.21. The molecule has 0 bridgehead atoms. The van der Waals surface area contributed by atoms with Crippen LogP contribution in [0.1, 0.15) is 24.2 Å². The topological polar surface area (TPSA) is 58.6 Å². The van der Waals surface area contributed by atoms with Crippen LogP contribution in [0.5, 0.6) is 0 Å². The number of anilines is 1. The van der Waals surface area contributed by atoms with Crippen LogP contribution in [0.3, 0.4) is 0 Å². The van der Waals surface area contributed by atoms with Crippen molar-refractivity contribution >= 4 is 11.7 Å². The SMILES string of the molecule is CCOCC(C)Nc1c(F)cccc1C(=O)O. The molecule has 0 spiro atoms. The summed E-state index contributed by atoms with van der Waals surface area (Å²) in [5.74, 6) is -1.73. The van der Waals surface area contributed by atoms with Gasteiger partial charge in [0.05, 0.1) is 17.9 Å². The largest absolute Gasteiger partial charge is 0.478 e. The molecule has 0 aliphatic carbocycles. The van der Waals surface area contributed by atoms with Gasteiger partial charge in [-0.05, 0) is 26.0 Å². The Hall–Kier alpha value is -1.62. The third kappa shape index (κ3) is 3.71. The lowest BCUT2D eigenvalue weighted by Gasteiger charge is -2.17. The van der Waals surface area contributed by atoms with E-state index in [-0.39, 0.29) is 17.3 Å². The molecule has 1 unspecified atom stereocenters. The van der Waals surface area contributed by atoms with Crippen LogP contribution in [0.4, 0.5) is 10.1 Å². The van der Waals surface area contributed by atoms with Crippen molar-refractivity contribution in [2.24, 2.45) is 0 Å². The van der Waals surface area contributed by atoms with Crippen LogP contribution in [-0.2, 0) is 4.74 Å².